The first-order chi connectivity index (χ1) is 8.47. The van der Waals surface area contributed by atoms with Crippen LogP contribution >= 0.6 is 0 Å². The zero-order valence-electron chi connectivity index (χ0n) is 9.70. The highest BCUT2D eigenvalue weighted by Crippen LogP contribution is 2.31. The molecule has 0 bridgehead atoms. The number of hydrogen-bond acceptors (Lipinski definition) is 4. The third kappa shape index (κ3) is 3.10. The van der Waals surface area contributed by atoms with Gasteiger partial charge in [0.05, 0.1) is 18.0 Å². The van der Waals surface area contributed by atoms with Gasteiger partial charge in [0, 0.05) is 13.0 Å². The summed E-state index contributed by atoms with van der Waals surface area (Å²) >= 11 is 0. The summed E-state index contributed by atoms with van der Waals surface area (Å²) in [6.07, 6.45) is -0.497. The molecule has 1 aromatic heterocycles. The molecule has 2 N–H and O–H groups in total. The van der Waals surface area contributed by atoms with Crippen LogP contribution in [0, 0.1) is 0 Å². The van der Waals surface area contributed by atoms with Crippen molar-refractivity contribution in [2.75, 3.05) is 12.3 Å². The zero-order chi connectivity index (χ0) is 13.2. The molecule has 18 heavy (non-hydrogen) atoms. The Bertz CT molecular complexity index is 416. The van der Waals surface area contributed by atoms with Crippen LogP contribution < -0.4 is 5.73 Å². The first-order valence-corrected chi connectivity index (χ1v) is 5.77. The third-order valence-electron chi connectivity index (χ3n) is 2.82. The maximum absolute atomic E-state index is 12.6. The molecule has 1 atom stereocenters. The number of aromatic nitrogens is 2. The van der Waals surface area contributed by atoms with Gasteiger partial charge in [-0.15, -0.1) is 0 Å². The van der Waals surface area contributed by atoms with Crippen LogP contribution in [0.5, 0.6) is 0 Å². The summed E-state index contributed by atoms with van der Waals surface area (Å²) in [5.74, 6) is 0.128. The Morgan fingerprint density at radius 2 is 2.17 bits per heavy atom. The molecule has 0 aromatic carbocycles. The number of anilines is 1. The summed E-state index contributed by atoms with van der Waals surface area (Å²) in [5.41, 5.74) is 3.72. The fourth-order valence-corrected chi connectivity index (χ4v) is 1.93. The van der Waals surface area contributed by atoms with E-state index in [0.717, 1.165) is 25.5 Å². The van der Waals surface area contributed by atoms with Crippen molar-refractivity contribution in [1.82, 2.24) is 9.97 Å². The van der Waals surface area contributed by atoms with Gasteiger partial charge in [-0.3, -0.25) is 0 Å². The second-order valence-corrected chi connectivity index (χ2v) is 4.28. The fourth-order valence-electron chi connectivity index (χ4n) is 1.93. The molecule has 0 saturated carbocycles. The topological polar surface area (TPSA) is 61.0 Å². The Morgan fingerprint density at radius 3 is 2.78 bits per heavy atom. The molecule has 4 nitrogen and oxygen atoms in total. The molecule has 100 valence electrons. The molecule has 1 aromatic rings. The minimum absolute atomic E-state index is 0.0940. The van der Waals surface area contributed by atoms with Gasteiger partial charge in [0.1, 0.15) is 5.82 Å². The van der Waals surface area contributed by atoms with E-state index in [-0.39, 0.29) is 11.9 Å². The van der Waals surface area contributed by atoms with Crippen LogP contribution in [0.15, 0.2) is 6.20 Å². The average molecular weight is 261 g/mol. The number of nitrogen functional groups attached to an aromatic ring is 1. The van der Waals surface area contributed by atoms with Crippen molar-refractivity contribution in [3.05, 3.63) is 17.7 Å². The van der Waals surface area contributed by atoms with Crippen LogP contribution in [0.25, 0.3) is 0 Å². The van der Waals surface area contributed by atoms with Gasteiger partial charge in [-0.1, -0.05) is 0 Å². The molecular weight excluding hydrogens is 247 g/mol. The van der Waals surface area contributed by atoms with Crippen molar-refractivity contribution >= 4 is 5.69 Å². The van der Waals surface area contributed by atoms with Crippen LogP contribution in [0.3, 0.4) is 0 Å². The molecule has 1 aliphatic heterocycles. The minimum Gasteiger partial charge on any atom is -0.396 e. The second-order valence-electron chi connectivity index (χ2n) is 4.28. The number of ether oxygens (including phenoxy) is 1. The summed E-state index contributed by atoms with van der Waals surface area (Å²) in [4.78, 5) is 7.33. The van der Waals surface area contributed by atoms with Gasteiger partial charge in [-0.2, -0.15) is 13.2 Å². The van der Waals surface area contributed by atoms with Gasteiger partial charge >= 0.3 is 6.18 Å². The SMILES string of the molecule is Nc1cnc(CC2CCCCO2)nc1C(F)(F)F. The van der Waals surface area contributed by atoms with Crippen LogP contribution in [-0.4, -0.2) is 22.7 Å². The van der Waals surface area contributed by atoms with E-state index in [9.17, 15) is 13.2 Å². The Hall–Kier alpha value is -1.37. The molecule has 1 fully saturated rings. The molecule has 7 heteroatoms. The molecule has 0 amide bonds. The van der Waals surface area contributed by atoms with E-state index in [1.807, 2.05) is 0 Å². The predicted octanol–water partition coefficient (Wildman–Crippen LogP) is 2.19. The standard InChI is InChI=1S/C11H14F3N3O/c12-11(13,14)10-8(15)6-16-9(17-10)5-7-3-1-2-4-18-7/h6-7H,1-5,15H2. The van der Waals surface area contributed by atoms with Crippen LogP contribution in [0.2, 0.25) is 0 Å². The van der Waals surface area contributed by atoms with E-state index in [0.29, 0.717) is 13.0 Å². The van der Waals surface area contributed by atoms with Gasteiger partial charge in [0.15, 0.2) is 5.69 Å². The lowest BCUT2D eigenvalue weighted by molar-refractivity contribution is -0.140. The van der Waals surface area contributed by atoms with E-state index in [1.54, 1.807) is 0 Å². The smallest absolute Gasteiger partial charge is 0.396 e. The fraction of sp³-hybridized carbons (Fsp3) is 0.636. The van der Waals surface area contributed by atoms with Crippen molar-refractivity contribution in [3.8, 4) is 0 Å². The highest BCUT2D eigenvalue weighted by Gasteiger charge is 2.35. The second kappa shape index (κ2) is 5.09. The first-order valence-electron chi connectivity index (χ1n) is 5.77. The lowest BCUT2D eigenvalue weighted by Gasteiger charge is -2.22. The van der Waals surface area contributed by atoms with E-state index >= 15 is 0 Å². The number of alkyl halides is 3. The van der Waals surface area contributed by atoms with E-state index < -0.39 is 17.6 Å². The number of hydrogen-bond donors (Lipinski definition) is 1. The summed E-state index contributed by atoms with van der Waals surface area (Å²) in [6.45, 7) is 0.645. The van der Waals surface area contributed by atoms with E-state index in [4.69, 9.17) is 10.5 Å². The van der Waals surface area contributed by atoms with Gasteiger partial charge < -0.3 is 10.5 Å². The highest BCUT2D eigenvalue weighted by molar-refractivity contribution is 5.41. The Morgan fingerprint density at radius 1 is 1.39 bits per heavy atom. The van der Waals surface area contributed by atoms with Crippen molar-refractivity contribution in [2.24, 2.45) is 0 Å². The Kier molecular flexibility index (Phi) is 3.70. The van der Waals surface area contributed by atoms with E-state index in [1.165, 1.54) is 0 Å². The zero-order valence-corrected chi connectivity index (χ0v) is 9.70. The normalized spacial score (nSPS) is 20.9. The molecule has 2 rings (SSSR count). The third-order valence-corrected chi connectivity index (χ3v) is 2.82. The summed E-state index contributed by atoms with van der Waals surface area (Å²) in [6, 6.07) is 0. The number of nitrogens with two attached hydrogens (primary N) is 1. The molecule has 0 aliphatic carbocycles. The quantitative estimate of drug-likeness (QED) is 0.886. The minimum atomic E-state index is -4.55. The van der Waals surface area contributed by atoms with Gasteiger partial charge in [0.25, 0.3) is 0 Å². The average Bonchev–Trinajstić information content (AvgIpc) is 2.31. The van der Waals surface area contributed by atoms with Crippen LogP contribution in [-0.2, 0) is 17.3 Å². The summed E-state index contributed by atoms with van der Waals surface area (Å²) < 4.78 is 43.3. The maximum atomic E-state index is 12.6. The van der Waals surface area contributed by atoms with E-state index in [2.05, 4.69) is 9.97 Å². The van der Waals surface area contributed by atoms with Gasteiger partial charge in [0.2, 0.25) is 0 Å². The first kappa shape index (κ1) is 13.1. The largest absolute Gasteiger partial charge is 0.435 e. The monoisotopic (exact) mass is 261 g/mol. The molecule has 1 aliphatic rings. The summed E-state index contributed by atoms with van der Waals surface area (Å²) in [7, 11) is 0. The molecular formula is C11H14F3N3O. The lowest BCUT2D eigenvalue weighted by Crippen LogP contribution is -2.23. The Labute approximate surface area is 102 Å². The molecule has 1 unspecified atom stereocenters. The Balaban J connectivity index is 2.14. The lowest BCUT2D eigenvalue weighted by atomic mass is 10.1. The maximum Gasteiger partial charge on any atom is 0.435 e. The molecule has 1 saturated heterocycles. The summed E-state index contributed by atoms with van der Waals surface area (Å²) in [5, 5.41) is 0. The van der Waals surface area contributed by atoms with Crippen molar-refractivity contribution in [2.45, 2.75) is 38.0 Å². The van der Waals surface area contributed by atoms with Crippen LogP contribution in [0.4, 0.5) is 18.9 Å². The molecule has 0 spiro atoms. The number of halogens is 3. The van der Waals surface area contributed by atoms with Gasteiger partial charge in [-0.25, -0.2) is 9.97 Å². The van der Waals surface area contributed by atoms with Gasteiger partial charge in [-0.05, 0) is 19.3 Å². The van der Waals surface area contributed by atoms with Crippen LogP contribution in [0.1, 0.15) is 30.8 Å². The molecule has 2 heterocycles. The highest BCUT2D eigenvalue weighted by atomic mass is 19.4. The van der Waals surface area contributed by atoms with Crippen molar-refractivity contribution in [3.63, 3.8) is 0 Å². The number of nitrogens with zero attached hydrogens (tertiary/aromatic N) is 2. The number of rotatable bonds is 2. The van der Waals surface area contributed by atoms with Crippen molar-refractivity contribution < 1.29 is 17.9 Å². The molecule has 0 radical (unpaired) electrons. The van der Waals surface area contributed by atoms with Crippen molar-refractivity contribution in [1.29, 1.82) is 0 Å². The predicted molar refractivity (Wildman–Crippen MR) is 58.7 cm³/mol.